The molecule has 0 spiro atoms. The number of carbonyl (C=O) groups excluding carboxylic acids is 1. The monoisotopic (exact) mass is 423 g/mol. The van der Waals surface area contributed by atoms with Crippen LogP contribution in [0.1, 0.15) is 29.6 Å². The Balaban J connectivity index is 1.81. The van der Waals surface area contributed by atoms with Crippen LogP contribution in [0.2, 0.25) is 15.1 Å². The fraction of sp³-hybridized carbons (Fsp3) is 0.211. The van der Waals surface area contributed by atoms with Crippen molar-refractivity contribution in [3.63, 3.8) is 0 Å². The third-order valence-electron chi connectivity index (χ3n) is 3.84. The van der Waals surface area contributed by atoms with Crippen molar-refractivity contribution in [2.75, 3.05) is 6.54 Å². The molecule has 0 atom stereocenters. The molecule has 1 amide bonds. The molecule has 0 aliphatic rings. The molecule has 0 saturated carbocycles. The van der Waals surface area contributed by atoms with E-state index in [9.17, 15) is 4.79 Å². The van der Waals surface area contributed by atoms with Crippen molar-refractivity contribution < 1.29 is 9.21 Å². The van der Waals surface area contributed by atoms with Crippen molar-refractivity contribution in [1.29, 1.82) is 0 Å². The number of benzene rings is 2. The van der Waals surface area contributed by atoms with Crippen LogP contribution in [0.3, 0.4) is 0 Å². The van der Waals surface area contributed by atoms with Crippen molar-refractivity contribution in [3.8, 4) is 11.5 Å². The van der Waals surface area contributed by atoms with Gasteiger partial charge in [-0.25, -0.2) is 0 Å². The summed E-state index contributed by atoms with van der Waals surface area (Å²) in [5.41, 5.74) is 1.10. The molecular weight excluding hydrogens is 409 g/mol. The fourth-order valence-electron chi connectivity index (χ4n) is 2.56. The van der Waals surface area contributed by atoms with E-state index in [0.717, 1.165) is 6.42 Å². The van der Waals surface area contributed by atoms with Gasteiger partial charge < -0.3 is 9.32 Å². The Hall–Kier alpha value is -2.08. The number of aromatic nitrogens is 2. The first-order chi connectivity index (χ1) is 13.0. The minimum atomic E-state index is -0.187. The van der Waals surface area contributed by atoms with Crippen LogP contribution >= 0.6 is 34.8 Å². The number of rotatable bonds is 6. The second kappa shape index (κ2) is 8.74. The Morgan fingerprint density at radius 2 is 1.81 bits per heavy atom. The predicted octanol–water partition coefficient (Wildman–Crippen LogP) is 5.75. The first kappa shape index (κ1) is 19.7. The summed E-state index contributed by atoms with van der Waals surface area (Å²) in [6, 6.07) is 12.0. The average Bonchev–Trinajstić information content (AvgIpc) is 3.12. The first-order valence-electron chi connectivity index (χ1n) is 8.31. The van der Waals surface area contributed by atoms with E-state index in [0.29, 0.717) is 44.5 Å². The van der Waals surface area contributed by atoms with Crippen molar-refractivity contribution >= 4 is 40.7 Å². The lowest BCUT2D eigenvalue weighted by molar-refractivity contribution is 0.0728. The van der Waals surface area contributed by atoms with Gasteiger partial charge in [0, 0.05) is 12.1 Å². The molecular formula is C19H16Cl3N3O2. The van der Waals surface area contributed by atoms with Crippen molar-refractivity contribution in [3.05, 3.63) is 69.0 Å². The SMILES string of the molecule is CCCN(Cc1nnc(-c2ccccc2Cl)o1)C(=O)c1ccc(Cl)c(Cl)c1. The maximum absolute atomic E-state index is 12.8. The Kier molecular flexibility index (Phi) is 6.37. The number of carbonyl (C=O) groups is 1. The lowest BCUT2D eigenvalue weighted by Crippen LogP contribution is -2.31. The van der Waals surface area contributed by atoms with Crippen molar-refractivity contribution in [1.82, 2.24) is 15.1 Å². The largest absolute Gasteiger partial charge is 0.419 e. The van der Waals surface area contributed by atoms with E-state index in [-0.39, 0.29) is 12.5 Å². The number of amides is 1. The highest BCUT2D eigenvalue weighted by Gasteiger charge is 2.20. The van der Waals surface area contributed by atoms with Gasteiger partial charge in [0.15, 0.2) is 0 Å². The summed E-state index contributed by atoms with van der Waals surface area (Å²) in [5.74, 6) is 0.453. The summed E-state index contributed by atoms with van der Waals surface area (Å²) in [5, 5.41) is 9.34. The maximum Gasteiger partial charge on any atom is 0.254 e. The van der Waals surface area contributed by atoms with Crippen LogP contribution in [-0.4, -0.2) is 27.5 Å². The normalized spacial score (nSPS) is 10.8. The summed E-state index contributed by atoms with van der Waals surface area (Å²) in [6.45, 7) is 2.70. The fourth-order valence-corrected chi connectivity index (χ4v) is 3.07. The third kappa shape index (κ3) is 4.61. The van der Waals surface area contributed by atoms with E-state index >= 15 is 0 Å². The molecule has 0 unspecified atom stereocenters. The molecule has 27 heavy (non-hydrogen) atoms. The molecule has 0 radical (unpaired) electrons. The van der Waals surface area contributed by atoms with E-state index in [2.05, 4.69) is 10.2 Å². The topological polar surface area (TPSA) is 59.2 Å². The van der Waals surface area contributed by atoms with Gasteiger partial charge >= 0.3 is 0 Å². The van der Waals surface area contributed by atoms with Gasteiger partial charge in [-0.2, -0.15) is 0 Å². The Labute approximate surface area is 171 Å². The zero-order valence-corrected chi connectivity index (χ0v) is 16.7. The number of hydrogen-bond donors (Lipinski definition) is 0. The highest BCUT2D eigenvalue weighted by atomic mass is 35.5. The van der Waals surface area contributed by atoms with E-state index in [1.165, 1.54) is 0 Å². The molecule has 1 heterocycles. The quantitative estimate of drug-likeness (QED) is 0.505. The Morgan fingerprint density at radius 3 is 2.52 bits per heavy atom. The van der Waals surface area contributed by atoms with Gasteiger partial charge in [0.1, 0.15) is 0 Å². The van der Waals surface area contributed by atoms with Crippen molar-refractivity contribution in [2.45, 2.75) is 19.9 Å². The maximum atomic E-state index is 12.8. The second-order valence-corrected chi connectivity index (χ2v) is 7.06. The van der Waals surface area contributed by atoms with Crippen LogP contribution in [0.4, 0.5) is 0 Å². The van der Waals surface area contributed by atoms with E-state index in [1.54, 1.807) is 35.2 Å². The summed E-state index contributed by atoms with van der Waals surface area (Å²) in [6.07, 6.45) is 0.776. The molecule has 1 aromatic heterocycles. The summed E-state index contributed by atoms with van der Waals surface area (Å²) in [4.78, 5) is 14.5. The van der Waals surface area contributed by atoms with E-state index < -0.39 is 0 Å². The minimum Gasteiger partial charge on any atom is -0.419 e. The molecule has 0 saturated heterocycles. The highest BCUT2D eigenvalue weighted by Crippen LogP contribution is 2.27. The van der Waals surface area contributed by atoms with Crippen LogP contribution < -0.4 is 0 Å². The van der Waals surface area contributed by atoms with Gasteiger partial charge in [-0.15, -0.1) is 10.2 Å². The van der Waals surface area contributed by atoms with Crippen molar-refractivity contribution in [2.24, 2.45) is 0 Å². The Morgan fingerprint density at radius 1 is 1.04 bits per heavy atom. The molecule has 5 nitrogen and oxygen atoms in total. The zero-order valence-electron chi connectivity index (χ0n) is 14.5. The molecule has 3 rings (SSSR count). The molecule has 0 fully saturated rings. The molecule has 140 valence electrons. The van der Waals surface area contributed by atoms with Crippen LogP contribution in [0.25, 0.3) is 11.5 Å². The third-order valence-corrected chi connectivity index (χ3v) is 4.91. The molecule has 3 aromatic rings. The number of halogens is 3. The molecule has 0 aliphatic carbocycles. The van der Waals surface area contributed by atoms with E-state index in [1.807, 2.05) is 19.1 Å². The van der Waals surface area contributed by atoms with Gasteiger partial charge in [-0.05, 0) is 36.8 Å². The lowest BCUT2D eigenvalue weighted by atomic mass is 10.2. The van der Waals surface area contributed by atoms with Crippen LogP contribution in [0.15, 0.2) is 46.9 Å². The lowest BCUT2D eigenvalue weighted by Gasteiger charge is -2.20. The average molecular weight is 425 g/mol. The smallest absolute Gasteiger partial charge is 0.254 e. The van der Waals surface area contributed by atoms with E-state index in [4.69, 9.17) is 39.2 Å². The zero-order chi connectivity index (χ0) is 19.4. The van der Waals surface area contributed by atoms with Crippen LogP contribution in [-0.2, 0) is 6.54 Å². The number of nitrogens with zero attached hydrogens (tertiary/aromatic N) is 3. The van der Waals surface area contributed by atoms with Gasteiger partial charge in [0.05, 0.1) is 27.2 Å². The minimum absolute atomic E-state index is 0.185. The standard InChI is InChI=1S/C19H16Cl3N3O2/c1-2-9-25(19(26)12-7-8-15(21)16(22)10-12)11-17-23-24-18(27-17)13-5-3-4-6-14(13)20/h3-8,10H,2,9,11H2,1H3. The number of hydrogen-bond acceptors (Lipinski definition) is 4. The molecule has 0 bridgehead atoms. The highest BCUT2D eigenvalue weighted by molar-refractivity contribution is 6.42. The summed E-state index contributed by atoms with van der Waals surface area (Å²) < 4.78 is 5.71. The van der Waals surface area contributed by atoms with Gasteiger partial charge in [-0.3, -0.25) is 4.79 Å². The molecule has 0 N–H and O–H groups in total. The predicted molar refractivity (Wildman–Crippen MR) is 106 cm³/mol. The molecule has 8 heteroatoms. The van der Waals surface area contributed by atoms with Crippen LogP contribution in [0.5, 0.6) is 0 Å². The summed E-state index contributed by atoms with van der Waals surface area (Å²) >= 11 is 18.1. The van der Waals surface area contributed by atoms with Gasteiger partial charge in [0.25, 0.3) is 5.91 Å². The second-order valence-electron chi connectivity index (χ2n) is 5.84. The van der Waals surface area contributed by atoms with Crippen LogP contribution in [0, 0.1) is 0 Å². The Bertz CT molecular complexity index is 959. The first-order valence-corrected chi connectivity index (χ1v) is 9.44. The summed E-state index contributed by atoms with van der Waals surface area (Å²) in [7, 11) is 0. The molecule has 2 aromatic carbocycles. The van der Waals surface area contributed by atoms with Gasteiger partial charge in [0.2, 0.25) is 11.8 Å². The van der Waals surface area contributed by atoms with Gasteiger partial charge in [-0.1, -0.05) is 53.9 Å². The molecule has 0 aliphatic heterocycles.